The van der Waals surface area contributed by atoms with Gasteiger partial charge in [-0.15, -0.1) is 17.5 Å². The molecule has 1 amide bonds. The lowest BCUT2D eigenvalue weighted by molar-refractivity contribution is -0.122. The quantitative estimate of drug-likeness (QED) is 0.791. The normalized spacial score (nSPS) is 28.5. The highest BCUT2D eigenvalue weighted by molar-refractivity contribution is 5.93. The number of nitrogens with one attached hydrogen (secondary N) is 1. The molecule has 1 heterocycles. The van der Waals surface area contributed by atoms with Gasteiger partial charge in [0.05, 0.1) is 0 Å². The molecule has 3 saturated carbocycles. The molecular formula is C20H26ClFN6O. The second-order valence-electron chi connectivity index (χ2n) is 8.58. The third kappa shape index (κ3) is 3.88. The van der Waals surface area contributed by atoms with Crippen molar-refractivity contribution >= 4 is 24.0 Å². The van der Waals surface area contributed by atoms with Crippen molar-refractivity contribution < 1.29 is 9.18 Å². The molecule has 0 spiro atoms. The Kier molecular flexibility index (Phi) is 5.57. The van der Waals surface area contributed by atoms with Crippen LogP contribution in [0.3, 0.4) is 0 Å². The number of tetrazole rings is 1. The van der Waals surface area contributed by atoms with Crippen molar-refractivity contribution in [3.05, 3.63) is 29.8 Å². The van der Waals surface area contributed by atoms with Crippen LogP contribution in [0.1, 0.15) is 56.7 Å². The van der Waals surface area contributed by atoms with Gasteiger partial charge < -0.3 is 11.1 Å². The van der Waals surface area contributed by atoms with Crippen molar-refractivity contribution in [1.29, 1.82) is 0 Å². The number of amides is 1. The molecule has 9 heteroatoms. The zero-order valence-electron chi connectivity index (χ0n) is 16.1. The first kappa shape index (κ1) is 20.2. The van der Waals surface area contributed by atoms with Crippen LogP contribution in [0, 0.1) is 23.6 Å². The third-order valence-corrected chi connectivity index (χ3v) is 6.66. The second kappa shape index (κ2) is 7.99. The molecular weight excluding hydrogens is 395 g/mol. The van der Waals surface area contributed by atoms with E-state index in [0.29, 0.717) is 29.3 Å². The molecule has 5 rings (SSSR count). The Balaban J connectivity index is 0.00000205. The molecule has 29 heavy (non-hydrogen) atoms. The van der Waals surface area contributed by atoms with Gasteiger partial charge in [0.25, 0.3) is 0 Å². The summed E-state index contributed by atoms with van der Waals surface area (Å²) in [5.41, 5.74) is 7.18. The lowest BCUT2D eigenvalue weighted by atomic mass is 9.65. The first-order chi connectivity index (χ1) is 13.6. The van der Waals surface area contributed by atoms with Gasteiger partial charge in [0.2, 0.25) is 5.91 Å². The lowest BCUT2D eigenvalue weighted by Crippen LogP contribution is -2.48. The Morgan fingerprint density at radius 1 is 1.17 bits per heavy atom. The van der Waals surface area contributed by atoms with E-state index in [9.17, 15) is 9.18 Å². The highest BCUT2D eigenvalue weighted by Crippen LogP contribution is 2.42. The summed E-state index contributed by atoms with van der Waals surface area (Å²) in [5, 5.41) is 14.7. The number of carbonyl (C=O) groups excluding carboxylic acids is 1. The first-order valence-corrected chi connectivity index (χ1v) is 10.2. The zero-order chi connectivity index (χ0) is 19.3. The van der Waals surface area contributed by atoms with E-state index in [1.807, 2.05) is 0 Å². The van der Waals surface area contributed by atoms with E-state index in [2.05, 4.69) is 20.8 Å². The first-order valence-electron chi connectivity index (χ1n) is 10.2. The SMILES string of the molecule is Cl.NC1C2CCCC1CC(C(=O)Nc1ccc(F)c(-n3nnnc3C3CC3)c1)C2. The Labute approximate surface area is 175 Å². The second-order valence-corrected chi connectivity index (χ2v) is 8.58. The molecule has 1 aromatic heterocycles. The monoisotopic (exact) mass is 420 g/mol. The van der Waals surface area contributed by atoms with E-state index in [1.165, 1.54) is 17.2 Å². The zero-order valence-corrected chi connectivity index (χ0v) is 16.9. The van der Waals surface area contributed by atoms with Crippen LogP contribution >= 0.6 is 12.4 Å². The number of halogens is 2. The molecule has 1 aromatic carbocycles. The van der Waals surface area contributed by atoms with Crippen molar-refractivity contribution in [1.82, 2.24) is 20.2 Å². The van der Waals surface area contributed by atoms with E-state index in [1.54, 1.807) is 12.1 Å². The van der Waals surface area contributed by atoms with Crippen LogP contribution in [0.4, 0.5) is 10.1 Å². The average molecular weight is 421 g/mol. The number of carbonyl (C=O) groups is 1. The molecule has 2 atom stereocenters. The fraction of sp³-hybridized carbons (Fsp3) is 0.600. The topological polar surface area (TPSA) is 98.7 Å². The molecule has 7 nitrogen and oxygen atoms in total. The molecule has 3 N–H and O–H groups in total. The van der Waals surface area contributed by atoms with E-state index in [0.717, 1.165) is 38.5 Å². The smallest absolute Gasteiger partial charge is 0.227 e. The minimum Gasteiger partial charge on any atom is -0.327 e. The number of nitrogens with two attached hydrogens (primary N) is 1. The Bertz CT molecular complexity index is 887. The van der Waals surface area contributed by atoms with Crippen LogP contribution in [-0.2, 0) is 4.79 Å². The molecule has 156 valence electrons. The van der Waals surface area contributed by atoms with Crippen LogP contribution in [0.2, 0.25) is 0 Å². The van der Waals surface area contributed by atoms with Crippen molar-refractivity contribution in [3.63, 3.8) is 0 Å². The van der Waals surface area contributed by atoms with Gasteiger partial charge in [0, 0.05) is 23.6 Å². The maximum absolute atomic E-state index is 14.4. The summed E-state index contributed by atoms with van der Waals surface area (Å²) in [7, 11) is 0. The van der Waals surface area contributed by atoms with Gasteiger partial charge in [-0.05, 0) is 79.0 Å². The average Bonchev–Trinajstić information content (AvgIpc) is 3.40. The van der Waals surface area contributed by atoms with Gasteiger partial charge in [-0.1, -0.05) is 6.42 Å². The third-order valence-electron chi connectivity index (χ3n) is 6.66. The molecule has 3 aliphatic rings. The number of benzene rings is 1. The van der Waals surface area contributed by atoms with Crippen LogP contribution in [0.5, 0.6) is 0 Å². The number of anilines is 1. The molecule has 2 bridgehead atoms. The van der Waals surface area contributed by atoms with Gasteiger partial charge in [-0.3, -0.25) is 4.79 Å². The fourth-order valence-electron chi connectivity index (χ4n) is 4.96. The van der Waals surface area contributed by atoms with Gasteiger partial charge in [0.1, 0.15) is 11.5 Å². The predicted octanol–water partition coefficient (Wildman–Crippen LogP) is 3.19. The summed E-state index contributed by atoms with van der Waals surface area (Å²) in [6.07, 6.45) is 7.17. The summed E-state index contributed by atoms with van der Waals surface area (Å²) in [4.78, 5) is 12.9. The van der Waals surface area contributed by atoms with Crippen LogP contribution in [0.15, 0.2) is 18.2 Å². The molecule has 2 unspecified atom stereocenters. The van der Waals surface area contributed by atoms with Gasteiger partial charge in [-0.25, -0.2) is 4.39 Å². The molecule has 2 aromatic rings. The minimum atomic E-state index is -0.412. The predicted molar refractivity (Wildman–Crippen MR) is 108 cm³/mol. The summed E-state index contributed by atoms with van der Waals surface area (Å²) >= 11 is 0. The van der Waals surface area contributed by atoms with Crippen LogP contribution in [-0.4, -0.2) is 32.2 Å². The summed E-state index contributed by atoms with van der Waals surface area (Å²) in [5.74, 6) is 1.41. The van der Waals surface area contributed by atoms with E-state index in [4.69, 9.17) is 5.73 Å². The highest BCUT2D eigenvalue weighted by atomic mass is 35.5. The Morgan fingerprint density at radius 3 is 2.59 bits per heavy atom. The molecule has 0 aliphatic heterocycles. The van der Waals surface area contributed by atoms with Gasteiger partial charge in [-0.2, -0.15) is 4.68 Å². The lowest BCUT2D eigenvalue weighted by Gasteiger charge is -2.43. The molecule has 0 saturated heterocycles. The van der Waals surface area contributed by atoms with Crippen molar-refractivity contribution in [3.8, 4) is 5.69 Å². The Hall–Kier alpha value is -2.06. The maximum Gasteiger partial charge on any atom is 0.227 e. The Morgan fingerprint density at radius 2 is 1.90 bits per heavy atom. The van der Waals surface area contributed by atoms with Crippen LogP contribution < -0.4 is 11.1 Å². The number of hydrogen-bond donors (Lipinski definition) is 2. The van der Waals surface area contributed by atoms with Crippen molar-refractivity contribution in [2.24, 2.45) is 23.5 Å². The number of nitrogens with zero attached hydrogens (tertiary/aromatic N) is 4. The maximum atomic E-state index is 14.4. The van der Waals surface area contributed by atoms with E-state index >= 15 is 0 Å². The number of hydrogen-bond acceptors (Lipinski definition) is 5. The summed E-state index contributed by atoms with van der Waals surface area (Å²) in [6, 6.07) is 4.79. The highest BCUT2D eigenvalue weighted by Gasteiger charge is 2.40. The van der Waals surface area contributed by atoms with Crippen LogP contribution in [0.25, 0.3) is 5.69 Å². The molecule has 3 fully saturated rings. The fourth-order valence-corrected chi connectivity index (χ4v) is 4.96. The van der Waals surface area contributed by atoms with Crippen molar-refractivity contribution in [2.45, 2.75) is 56.9 Å². The number of aromatic nitrogens is 4. The molecule has 3 aliphatic carbocycles. The number of fused-ring (bicyclic) bond motifs is 2. The minimum absolute atomic E-state index is 0. The summed E-state index contributed by atoms with van der Waals surface area (Å²) in [6.45, 7) is 0. The van der Waals surface area contributed by atoms with E-state index in [-0.39, 0.29) is 36.0 Å². The van der Waals surface area contributed by atoms with Gasteiger partial charge in [0.15, 0.2) is 5.82 Å². The largest absolute Gasteiger partial charge is 0.327 e. The van der Waals surface area contributed by atoms with Gasteiger partial charge >= 0.3 is 0 Å². The summed E-state index contributed by atoms with van der Waals surface area (Å²) < 4.78 is 15.9. The molecule has 0 radical (unpaired) electrons. The van der Waals surface area contributed by atoms with E-state index < -0.39 is 5.82 Å². The number of rotatable bonds is 4. The standard InChI is InChI=1S/C20H25FN6O.ClH/c21-16-7-6-15(10-17(16)27-19(11-4-5-11)24-25-26-27)23-20(28)14-8-12-2-1-3-13(9-14)18(12)22;/h6-7,10-14,18H,1-5,8-9,22H2,(H,23,28);1H. The van der Waals surface area contributed by atoms with Crippen molar-refractivity contribution in [2.75, 3.05) is 5.32 Å².